The van der Waals surface area contributed by atoms with Crippen LogP contribution in [0.1, 0.15) is 136 Å². The first-order valence-corrected chi connectivity index (χ1v) is 18.1. The number of hydrogen-bond donors (Lipinski definition) is 3. The van der Waals surface area contributed by atoms with Crippen molar-refractivity contribution in [2.75, 3.05) is 5.75 Å². The van der Waals surface area contributed by atoms with Gasteiger partial charge in [0.15, 0.2) is 0 Å². The topological polar surface area (TPSA) is 104 Å². The van der Waals surface area contributed by atoms with Gasteiger partial charge in [0, 0.05) is 6.42 Å². The van der Waals surface area contributed by atoms with Gasteiger partial charge in [0.25, 0.3) is 10.1 Å². The molecule has 0 aromatic carbocycles. The van der Waals surface area contributed by atoms with E-state index in [1.165, 1.54) is 32.1 Å². The molecule has 0 rings (SSSR count). The van der Waals surface area contributed by atoms with Gasteiger partial charge in [-0.3, -0.25) is 9.35 Å². The summed E-state index contributed by atoms with van der Waals surface area (Å²) in [5.41, 5.74) is 0. The van der Waals surface area contributed by atoms with E-state index in [9.17, 15) is 22.9 Å². The summed E-state index contributed by atoms with van der Waals surface area (Å²) in [5.74, 6) is -0.949. The van der Waals surface area contributed by atoms with Crippen LogP contribution in [0.4, 0.5) is 0 Å². The predicted octanol–water partition coefficient (Wildman–Crippen LogP) is 8.95. The van der Waals surface area contributed by atoms with Crippen LogP contribution < -0.4 is 5.32 Å². The van der Waals surface area contributed by atoms with Crippen LogP contribution in [0.15, 0.2) is 60.8 Å². The van der Waals surface area contributed by atoms with Crippen LogP contribution in [-0.4, -0.2) is 41.9 Å². The van der Waals surface area contributed by atoms with Crippen molar-refractivity contribution in [3.63, 3.8) is 0 Å². The molecular weight excluding hydrogens is 546 g/mol. The Morgan fingerprint density at radius 2 is 1.14 bits per heavy atom. The maximum absolute atomic E-state index is 12.4. The highest BCUT2D eigenvalue weighted by atomic mass is 32.2. The van der Waals surface area contributed by atoms with E-state index in [0.717, 1.165) is 70.6 Å². The molecule has 6 nitrogen and oxygen atoms in total. The molecule has 7 heteroatoms. The Bertz CT molecular complexity index is 889. The Balaban J connectivity index is 4.04. The van der Waals surface area contributed by atoms with Gasteiger partial charge in [0.2, 0.25) is 5.91 Å². The van der Waals surface area contributed by atoms with Gasteiger partial charge < -0.3 is 10.4 Å². The Morgan fingerprint density at radius 3 is 1.67 bits per heavy atom. The molecule has 0 spiro atoms. The molecule has 2 unspecified atom stereocenters. The van der Waals surface area contributed by atoms with Crippen molar-refractivity contribution in [1.82, 2.24) is 5.32 Å². The van der Waals surface area contributed by atoms with Gasteiger partial charge in [-0.15, -0.1) is 0 Å². The molecule has 0 aliphatic carbocycles. The maximum Gasteiger partial charge on any atom is 0.266 e. The molecule has 1 amide bonds. The van der Waals surface area contributed by atoms with Crippen LogP contribution in [-0.2, 0) is 14.9 Å². The van der Waals surface area contributed by atoms with Crippen LogP contribution >= 0.6 is 0 Å². The highest BCUT2D eigenvalue weighted by Gasteiger charge is 2.26. The number of carbonyl (C=O) groups excluding carboxylic acids is 1. The van der Waals surface area contributed by atoms with Crippen molar-refractivity contribution < 1.29 is 22.9 Å². The number of amides is 1. The van der Waals surface area contributed by atoms with Crippen LogP contribution in [0.2, 0.25) is 0 Å². The van der Waals surface area contributed by atoms with Gasteiger partial charge in [-0.1, -0.05) is 132 Å². The molecule has 0 heterocycles. The van der Waals surface area contributed by atoms with Crippen LogP contribution in [0.5, 0.6) is 0 Å². The second kappa shape index (κ2) is 29.1. The molecule has 0 fully saturated rings. The number of aliphatic hydroxyl groups excluding tert-OH is 1. The smallest absolute Gasteiger partial charge is 0.266 e. The number of rotatable bonds is 28. The molecule has 0 saturated carbocycles. The summed E-state index contributed by atoms with van der Waals surface area (Å²) in [4.78, 5) is 12.4. The Labute approximate surface area is 258 Å². The minimum atomic E-state index is -4.31. The van der Waals surface area contributed by atoms with Gasteiger partial charge >= 0.3 is 0 Å². The molecule has 0 aliphatic rings. The third-order valence-corrected chi connectivity index (χ3v) is 7.77. The fraction of sp³-hybridized carbons (Fsp3) is 0.686. The van der Waals surface area contributed by atoms with E-state index in [1.54, 1.807) is 0 Å². The largest absolute Gasteiger partial charge is 0.391 e. The zero-order valence-electron chi connectivity index (χ0n) is 26.6. The fourth-order valence-corrected chi connectivity index (χ4v) is 5.30. The summed E-state index contributed by atoms with van der Waals surface area (Å²) < 4.78 is 32.2. The number of nitrogens with one attached hydrogen (secondary N) is 1. The van der Waals surface area contributed by atoms with E-state index in [0.29, 0.717) is 12.8 Å². The summed E-state index contributed by atoms with van der Waals surface area (Å²) in [6, 6.07) is -0.988. The van der Waals surface area contributed by atoms with Gasteiger partial charge in [0.05, 0.1) is 17.9 Å². The number of allylic oxidation sites excluding steroid dienone is 10. The summed E-state index contributed by atoms with van der Waals surface area (Å²) in [6.07, 6.45) is 38.9. The lowest BCUT2D eigenvalue weighted by molar-refractivity contribution is -0.122. The van der Waals surface area contributed by atoms with Gasteiger partial charge in [-0.05, 0) is 57.8 Å². The first-order chi connectivity index (χ1) is 20.3. The Hall–Kier alpha value is -1.96. The summed E-state index contributed by atoms with van der Waals surface area (Å²) >= 11 is 0. The fourth-order valence-electron chi connectivity index (χ4n) is 4.54. The third kappa shape index (κ3) is 29.5. The molecule has 3 N–H and O–H groups in total. The Kier molecular flexibility index (Phi) is 27.8. The third-order valence-electron chi connectivity index (χ3n) is 6.99. The average molecular weight is 608 g/mol. The van der Waals surface area contributed by atoms with Crippen molar-refractivity contribution in [3.05, 3.63) is 60.8 Å². The lowest BCUT2D eigenvalue weighted by Crippen LogP contribution is -2.47. The lowest BCUT2D eigenvalue weighted by atomic mass is 10.0. The van der Waals surface area contributed by atoms with Gasteiger partial charge in [0.1, 0.15) is 0 Å². The maximum atomic E-state index is 12.4. The van der Waals surface area contributed by atoms with E-state index >= 15 is 0 Å². The molecule has 242 valence electrons. The normalized spacial score (nSPS) is 14.3. The van der Waals surface area contributed by atoms with Crippen LogP contribution in [0, 0.1) is 0 Å². The monoisotopic (exact) mass is 607 g/mol. The van der Waals surface area contributed by atoms with E-state index in [1.807, 2.05) is 0 Å². The number of unbranched alkanes of at least 4 members (excludes halogenated alkanes) is 10. The molecule has 0 aliphatic heterocycles. The van der Waals surface area contributed by atoms with E-state index in [4.69, 9.17) is 0 Å². The molecule has 0 saturated heterocycles. The van der Waals surface area contributed by atoms with Crippen molar-refractivity contribution in [2.24, 2.45) is 0 Å². The van der Waals surface area contributed by atoms with Crippen molar-refractivity contribution in [3.8, 4) is 0 Å². The molecule has 0 radical (unpaired) electrons. The molecular formula is C35H61NO5S. The standard InChI is InChI=1S/C35H61NO5S/c1-3-5-7-9-11-13-14-15-16-17-18-19-20-21-22-23-25-27-29-31-35(38)36-33(32-42(39,40)41)34(37)30-28-26-24-12-10-8-6-4-2/h5,7,11,13,15-16,18-19,21-22,33-34,37H,3-4,6,8-10,12,14,17,20,23-32H2,1-2H3,(H,36,38)(H,39,40,41)/b7-5-,13-11-,16-15-,19-18-,22-21-. The quantitative estimate of drug-likeness (QED) is 0.0468. The SMILES string of the molecule is CC/C=C\C/C=C\C/C=C\C/C=C\C/C=C\CCCCCC(=O)NC(CS(=O)(=O)O)C(O)CCCCCCCCCC. The second-order valence-electron chi connectivity index (χ2n) is 11.1. The second-order valence-corrected chi connectivity index (χ2v) is 12.6. The van der Waals surface area contributed by atoms with E-state index in [2.05, 4.69) is 79.9 Å². The summed E-state index contributed by atoms with van der Waals surface area (Å²) in [5, 5.41) is 13.2. The highest BCUT2D eigenvalue weighted by molar-refractivity contribution is 7.85. The molecule has 42 heavy (non-hydrogen) atoms. The van der Waals surface area contributed by atoms with Crippen LogP contribution in [0.3, 0.4) is 0 Å². The summed E-state index contributed by atoms with van der Waals surface area (Å²) in [7, 11) is -4.31. The van der Waals surface area contributed by atoms with Crippen molar-refractivity contribution >= 4 is 16.0 Å². The first-order valence-electron chi connectivity index (χ1n) is 16.5. The van der Waals surface area contributed by atoms with E-state index < -0.39 is 28.0 Å². The predicted molar refractivity (Wildman–Crippen MR) is 179 cm³/mol. The van der Waals surface area contributed by atoms with E-state index in [-0.39, 0.29) is 12.3 Å². The minimum Gasteiger partial charge on any atom is -0.391 e. The molecule has 2 atom stereocenters. The number of aliphatic hydroxyl groups is 1. The first kappa shape index (κ1) is 40.0. The molecule has 0 aromatic heterocycles. The van der Waals surface area contributed by atoms with Crippen molar-refractivity contribution in [1.29, 1.82) is 0 Å². The van der Waals surface area contributed by atoms with Crippen molar-refractivity contribution in [2.45, 2.75) is 148 Å². The lowest BCUT2D eigenvalue weighted by Gasteiger charge is -2.23. The zero-order valence-corrected chi connectivity index (χ0v) is 27.4. The number of hydrogen-bond acceptors (Lipinski definition) is 4. The minimum absolute atomic E-state index is 0.276. The van der Waals surface area contributed by atoms with Crippen LogP contribution in [0.25, 0.3) is 0 Å². The number of carbonyl (C=O) groups is 1. The zero-order chi connectivity index (χ0) is 31.2. The Morgan fingerprint density at radius 1 is 0.667 bits per heavy atom. The van der Waals surface area contributed by atoms with Gasteiger partial charge in [-0.25, -0.2) is 0 Å². The highest BCUT2D eigenvalue weighted by Crippen LogP contribution is 2.13. The van der Waals surface area contributed by atoms with Gasteiger partial charge in [-0.2, -0.15) is 8.42 Å². The molecule has 0 bridgehead atoms. The molecule has 0 aromatic rings. The summed E-state index contributed by atoms with van der Waals surface area (Å²) in [6.45, 7) is 4.33. The average Bonchev–Trinajstić information content (AvgIpc) is 2.94.